The first-order valence-corrected chi connectivity index (χ1v) is 9.93. The summed E-state index contributed by atoms with van der Waals surface area (Å²) in [4.78, 5) is 0.141. The van der Waals surface area contributed by atoms with E-state index < -0.39 is 10.0 Å². The number of fused-ring (bicyclic) bond motifs is 1. The molecule has 0 atom stereocenters. The second-order valence-electron chi connectivity index (χ2n) is 5.25. The number of rotatable bonds is 5. The number of hydrogen-bond donors (Lipinski definition) is 1. The first-order valence-electron chi connectivity index (χ1n) is 7.70. The number of hydrogen-bond acceptors (Lipinski definition) is 5. The molecular weight excluding hydrogens is 420 g/mol. The van der Waals surface area contributed by atoms with Gasteiger partial charge in [-0.05, 0) is 47.1 Å². The van der Waals surface area contributed by atoms with Gasteiger partial charge in [-0.3, -0.25) is 0 Å². The fourth-order valence-corrected chi connectivity index (χ4v) is 4.15. The number of benzene rings is 2. The zero-order chi connectivity index (χ0) is 18.7. The number of para-hydroxylation sites is 1. The second-order valence-corrected chi connectivity index (χ2v) is 7.67. The predicted molar refractivity (Wildman–Crippen MR) is 103 cm³/mol. The Kier molecular flexibility index (Phi) is 5.20. The van der Waals surface area contributed by atoms with Crippen LogP contribution >= 0.6 is 15.9 Å². The van der Waals surface area contributed by atoms with Crippen LogP contribution in [0.25, 0.3) is 0 Å². The lowest BCUT2D eigenvalue weighted by atomic mass is 10.1. The first kappa shape index (κ1) is 18.3. The molecule has 1 heterocycles. The van der Waals surface area contributed by atoms with Crippen LogP contribution in [0.1, 0.15) is 12.5 Å². The number of nitrogens with one attached hydrogen (secondary N) is 1. The van der Waals surface area contributed by atoms with Gasteiger partial charge in [0.05, 0.1) is 16.8 Å². The van der Waals surface area contributed by atoms with E-state index in [1.165, 1.54) is 6.07 Å². The fourth-order valence-electron chi connectivity index (χ4n) is 2.46. The van der Waals surface area contributed by atoms with E-state index in [1.807, 2.05) is 6.92 Å². The van der Waals surface area contributed by atoms with Crippen LogP contribution in [0.2, 0.25) is 0 Å². The maximum atomic E-state index is 12.4. The van der Waals surface area contributed by atoms with Crippen LogP contribution in [0.3, 0.4) is 0 Å². The number of anilines is 1. The van der Waals surface area contributed by atoms with Gasteiger partial charge in [-0.25, -0.2) is 0 Å². The molecule has 8 heteroatoms. The van der Waals surface area contributed by atoms with Crippen LogP contribution < -0.4 is 14.8 Å². The highest BCUT2D eigenvalue weighted by atomic mass is 79.9. The Balaban J connectivity index is 2.08. The van der Waals surface area contributed by atoms with E-state index in [1.54, 1.807) is 30.3 Å². The number of halogens is 1. The summed E-state index contributed by atoms with van der Waals surface area (Å²) in [6.45, 7) is 2.32. The minimum atomic E-state index is -3.79. The molecule has 0 radical (unpaired) electrons. The van der Waals surface area contributed by atoms with Crippen LogP contribution in [0, 0.1) is 12.3 Å². The van der Waals surface area contributed by atoms with Crippen molar-refractivity contribution >= 4 is 37.5 Å². The summed E-state index contributed by atoms with van der Waals surface area (Å²) in [7, 11) is -3.79. The zero-order valence-corrected chi connectivity index (χ0v) is 16.2. The van der Waals surface area contributed by atoms with Crippen molar-refractivity contribution in [3.63, 3.8) is 0 Å². The van der Waals surface area contributed by atoms with E-state index >= 15 is 0 Å². The van der Waals surface area contributed by atoms with Gasteiger partial charge in [0.25, 0.3) is 10.0 Å². The topological polar surface area (TPSA) is 77.0 Å². The average Bonchev–Trinajstić information content (AvgIpc) is 2.60. The molecule has 1 aliphatic rings. The van der Waals surface area contributed by atoms with Crippen molar-refractivity contribution in [1.29, 1.82) is 0 Å². The van der Waals surface area contributed by atoms with E-state index in [2.05, 4.69) is 31.6 Å². The van der Waals surface area contributed by atoms with Crippen molar-refractivity contribution < 1.29 is 17.9 Å². The van der Waals surface area contributed by atoms with Gasteiger partial charge in [0.2, 0.25) is 0 Å². The molecule has 2 aromatic rings. The second kappa shape index (κ2) is 7.40. The maximum absolute atomic E-state index is 12.4. The van der Waals surface area contributed by atoms with E-state index in [-0.39, 0.29) is 17.3 Å². The Labute approximate surface area is 160 Å². The number of sulfonamides is 1. The van der Waals surface area contributed by atoms with Gasteiger partial charge in [-0.1, -0.05) is 18.1 Å². The SMILES string of the molecule is C#CCOc1c(Br)cc(C2=NS(=O)(=O)c3ccccc3N2)cc1OCC. The minimum absolute atomic E-state index is 0.0823. The summed E-state index contributed by atoms with van der Waals surface area (Å²) in [6.07, 6.45) is 5.25. The molecule has 0 saturated heterocycles. The van der Waals surface area contributed by atoms with Crippen LogP contribution in [0.15, 0.2) is 50.2 Å². The summed E-state index contributed by atoms with van der Waals surface area (Å²) in [5.74, 6) is 3.49. The van der Waals surface area contributed by atoms with Gasteiger partial charge in [0.15, 0.2) is 17.3 Å². The van der Waals surface area contributed by atoms with Crippen LogP contribution in [-0.2, 0) is 10.0 Å². The Morgan fingerprint density at radius 1 is 1.27 bits per heavy atom. The van der Waals surface area contributed by atoms with Gasteiger partial charge in [-0.15, -0.1) is 10.8 Å². The molecule has 6 nitrogen and oxygen atoms in total. The van der Waals surface area contributed by atoms with Crippen LogP contribution in [0.4, 0.5) is 5.69 Å². The zero-order valence-electron chi connectivity index (χ0n) is 13.8. The monoisotopic (exact) mass is 434 g/mol. The Bertz CT molecular complexity index is 1030. The molecule has 0 saturated carbocycles. The Morgan fingerprint density at radius 3 is 2.77 bits per heavy atom. The Hall–Kier alpha value is -2.50. The van der Waals surface area contributed by atoms with Gasteiger partial charge in [-0.2, -0.15) is 8.42 Å². The van der Waals surface area contributed by atoms with E-state index in [4.69, 9.17) is 15.9 Å². The third-order valence-corrected chi connectivity index (χ3v) is 5.44. The van der Waals surface area contributed by atoms with Crippen LogP contribution in [-0.4, -0.2) is 27.5 Å². The van der Waals surface area contributed by atoms with Crippen molar-refractivity contribution in [2.45, 2.75) is 11.8 Å². The fraction of sp³-hybridized carbons (Fsp3) is 0.167. The predicted octanol–water partition coefficient (Wildman–Crippen LogP) is 3.42. The van der Waals surface area contributed by atoms with Crippen molar-refractivity contribution in [1.82, 2.24) is 0 Å². The molecule has 0 aliphatic carbocycles. The first-order chi connectivity index (χ1) is 12.5. The number of ether oxygens (including phenoxy) is 2. The van der Waals surface area contributed by atoms with Crippen molar-refractivity contribution in [2.24, 2.45) is 4.40 Å². The molecule has 0 fully saturated rings. The van der Waals surface area contributed by atoms with Crippen molar-refractivity contribution in [3.05, 3.63) is 46.4 Å². The highest BCUT2D eigenvalue weighted by molar-refractivity contribution is 9.10. The van der Waals surface area contributed by atoms with Gasteiger partial charge in [0.1, 0.15) is 11.5 Å². The van der Waals surface area contributed by atoms with E-state index in [9.17, 15) is 8.42 Å². The highest BCUT2D eigenvalue weighted by Crippen LogP contribution is 2.38. The summed E-state index contributed by atoms with van der Waals surface area (Å²) < 4.78 is 40.5. The van der Waals surface area contributed by atoms with Gasteiger partial charge >= 0.3 is 0 Å². The molecule has 0 aromatic heterocycles. The molecule has 1 N–H and O–H groups in total. The molecule has 0 unspecified atom stereocenters. The average molecular weight is 435 g/mol. The Morgan fingerprint density at radius 2 is 2.04 bits per heavy atom. The van der Waals surface area contributed by atoms with Crippen molar-refractivity contribution in [3.8, 4) is 23.8 Å². The maximum Gasteiger partial charge on any atom is 0.286 e. The standard InChI is InChI=1S/C18H15BrN2O4S/c1-3-9-25-17-13(19)10-12(11-15(17)24-4-2)18-20-14-7-5-6-8-16(14)26(22,23)21-18/h1,5-8,10-11H,4,9H2,2H3,(H,20,21). The van der Waals surface area contributed by atoms with E-state index in [0.29, 0.717) is 33.8 Å². The van der Waals surface area contributed by atoms with Gasteiger partial charge in [0, 0.05) is 5.56 Å². The highest BCUT2D eigenvalue weighted by Gasteiger charge is 2.26. The minimum Gasteiger partial charge on any atom is -0.490 e. The normalized spacial score (nSPS) is 14.4. The summed E-state index contributed by atoms with van der Waals surface area (Å²) in [5, 5.41) is 3.05. The lowest BCUT2D eigenvalue weighted by Gasteiger charge is -2.20. The third-order valence-electron chi connectivity index (χ3n) is 3.51. The molecule has 0 amide bonds. The van der Waals surface area contributed by atoms with Crippen molar-refractivity contribution in [2.75, 3.05) is 18.5 Å². The molecule has 1 aliphatic heterocycles. The smallest absolute Gasteiger partial charge is 0.286 e. The lowest BCUT2D eigenvalue weighted by molar-refractivity contribution is 0.298. The van der Waals surface area contributed by atoms with Gasteiger partial charge < -0.3 is 14.8 Å². The summed E-state index contributed by atoms with van der Waals surface area (Å²) in [6, 6.07) is 9.96. The quantitative estimate of drug-likeness (QED) is 0.729. The molecule has 0 spiro atoms. The largest absolute Gasteiger partial charge is 0.490 e. The number of terminal acetylenes is 1. The molecular formula is C18H15BrN2O4S. The summed E-state index contributed by atoms with van der Waals surface area (Å²) >= 11 is 3.42. The number of amidine groups is 1. The third kappa shape index (κ3) is 3.54. The van der Waals surface area contributed by atoms with E-state index in [0.717, 1.165) is 0 Å². The molecule has 0 bridgehead atoms. The lowest BCUT2D eigenvalue weighted by Crippen LogP contribution is -2.22. The summed E-state index contributed by atoms with van der Waals surface area (Å²) in [5.41, 5.74) is 1.01. The molecule has 3 rings (SSSR count). The molecule has 2 aromatic carbocycles. The molecule has 134 valence electrons. The molecule has 26 heavy (non-hydrogen) atoms. The van der Waals surface area contributed by atoms with Crippen LogP contribution in [0.5, 0.6) is 11.5 Å². The number of nitrogens with zero attached hydrogens (tertiary/aromatic N) is 1.